The predicted octanol–water partition coefficient (Wildman–Crippen LogP) is 9.64. The number of amides is 4. The van der Waals surface area contributed by atoms with Crippen LogP contribution in [0.4, 0.5) is 70.1 Å². The van der Waals surface area contributed by atoms with Gasteiger partial charge in [0.05, 0.1) is 72.7 Å². The molecule has 23 heteroatoms. The lowest BCUT2D eigenvalue weighted by Gasteiger charge is -2.37. The van der Waals surface area contributed by atoms with Crippen molar-refractivity contribution in [3.63, 3.8) is 0 Å². The lowest BCUT2D eigenvalue weighted by Crippen LogP contribution is -2.54. The number of ether oxygens (including phenoxy) is 1. The number of nitrogens with one attached hydrogen (secondary N) is 4. The molecule has 0 radical (unpaired) electrons. The molecule has 332 valence electrons. The van der Waals surface area contributed by atoms with E-state index in [0.717, 1.165) is 97.1 Å². The Morgan fingerprint density at radius 2 is 0.923 bits per heavy atom. The number of carbonyl (C=O) groups excluding carboxylic acids is 2. The van der Waals surface area contributed by atoms with Gasteiger partial charge in [-0.3, -0.25) is 9.44 Å². The number of nitriles is 2. The van der Waals surface area contributed by atoms with Crippen molar-refractivity contribution in [2.45, 2.75) is 22.3 Å². The number of anilines is 6. The van der Waals surface area contributed by atoms with E-state index in [1.165, 1.54) is 42.5 Å². The van der Waals surface area contributed by atoms with Gasteiger partial charge in [0.1, 0.15) is 0 Å². The minimum Gasteiger partial charge on any atom is -0.404 e. The number of alkyl halides is 6. The van der Waals surface area contributed by atoms with Crippen LogP contribution < -0.4 is 34.8 Å². The number of hydrogen-bond donors (Lipinski definition) is 4. The van der Waals surface area contributed by atoms with Crippen molar-refractivity contribution in [3.8, 4) is 17.9 Å². The van der Waals surface area contributed by atoms with Crippen molar-refractivity contribution < 1.29 is 57.5 Å². The third kappa shape index (κ3) is 11.0. The highest BCUT2D eigenvalue weighted by Crippen LogP contribution is 2.40. The smallest absolute Gasteiger partial charge is 0.404 e. The molecule has 65 heavy (non-hydrogen) atoms. The third-order valence-electron chi connectivity index (χ3n) is 8.72. The molecule has 4 N–H and O–H groups in total. The van der Waals surface area contributed by atoms with Crippen LogP contribution in [-0.2, 0) is 26.2 Å². The predicted molar refractivity (Wildman–Crippen MR) is 224 cm³/mol. The third-order valence-corrected chi connectivity index (χ3v) is 11.5. The molecule has 0 unspecified atom stereocenters. The van der Waals surface area contributed by atoms with Crippen molar-refractivity contribution >= 4 is 66.2 Å². The Morgan fingerprint density at radius 3 is 1.35 bits per heavy atom. The van der Waals surface area contributed by atoms with Gasteiger partial charge in [-0.1, -0.05) is 60.7 Å². The molecule has 15 nitrogen and oxygen atoms in total. The Labute approximate surface area is 365 Å². The largest absolute Gasteiger partial charge is 0.573 e. The number of benzene rings is 6. The highest BCUT2D eigenvalue weighted by molar-refractivity contribution is 7.93. The Hall–Kier alpha value is -8.28. The van der Waals surface area contributed by atoms with Crippen molar-refractivity contribution in [2.75, 3.05) is 30.1 Å². The van der Waals surface area contributed by atoms with Crippen LogP contribution in [0.15, 0.2) is 155 Å². The van der Waals surface area contributed by atoms with Gasteiger partial charge in [-0.25, -0.2) is 26.4 Å². The second-order valence-electron chi connectivity index (χ2n) is 13.1. The maximum atomic E-state index is 15.0. The van der Waals surface area contributed by atoms with Crippen LogP contribution in [0.5, 0.6) is 5.75 Å². The molecular formula is C42H28F6N8O7S2. The van der Waals surface area contributed by atoms with Crippen LogP contribution in [0.1, 0.15) is 16.7 Å². The summed E-state index contributed by atoms with van der Waals surface area (Å²) in [5.41, 5.74) is -6.47. The van der Waals surface area contributed by atoms with Gasteiger partial charge in [0.2, 0.25) is 0 Å². The van der Waals surface area contributed by atoms with Crippen LogP contribution in [0, 0.1) is 22.7 Å². The molecule has 0 saturated carbocycles. The summed E-state index contributed by atoms with van der Waals surface area (Å²) >= 11 is 0. The molecule has 0 aliphatic rings. The van der Waals surface area contributed by atoms with Gasteiger partial charge >= 0.3 is 24.6 Å². The van der Waals surface area contributed by atoms with E-state index in [9.17, 15) is 63.3 Å². The molecule has 0 fully saturated rings. The topological polar surface area (TPSA) is 214 Å². The number of hydrogen-bond acceptors (Lipinski definition) is 9. The fraction of sp³-hybridized carbons (Fsp3) is 0.0476. The quantitative estimate of drug-likeness (QED) is 0.0718. The minimum atomic E-state index is -5.33. The van der Waals surface area contributed by atoms with E-state index in [-0.39, 0.29) is 30.9 Å². The molecule has 6 rings (SSSR count). The molecule has 0 atom stereocenters. The monoisotopic (exact) mass is 934 g/mol. The first kappa shape index (κ1) is 46.2. The number of hydrazine groups is 1. The zero-order valence-corrected chi connectivity index (χ0v) is 34.2. The van der Waals surface area contributed by atoms with Crippen molar-refractivity contribution in [1.82, 2.24) is 0 Å². The average molecular weight is 935 g/mol. The van der Waals surface area contributed by atoms with E-state index in [1.54, 1.807) is 12.1 Å². The Morgan fingerprint density at radius 1 is 0.523 bits per heavy atom. The molecule has 6 aromatic carbocycles. The summed E-state index contributed by atoms with van der Waals surface area (Å²) < 4.78 is 148. The van der Waals surface area contributed by atoms with Gasteiger partial charge < -0.3 is 15.4 Å². The number of rotatable bonds is 11. The van der Waals surface area contributed by atoms with Gasteiger partial charge in [0.15, 0.2) is 5.75 Å². The minimum absolute atomic E-state index is 0.224. The average Bonchev–Trinajstić information content (AvgIpc) is 3.26. The molecule has 4 amide bonds. The van der Waals surface area contributed by atoms with E-state index in [4.69, 9.17) is 0 Å². The summed E-state index contributed by atoms with van der Waals surface area (Å²) in [7, 11) is -9.39. The summed E-state index contributed by atoms with van der Waals surface area (Å²) in [5.74, 6) is -1.01. The zero-order valence-electron chi connectivity index (χ0n) is 32.6. The molecule has 0 aliphatic carbocycles. The molecular weight excluding hydrogens is 907 g/mol. The first-order chi connectivity index (χ1) is 30.7. The van der Waals surface area contributed by atoms with Gasteiger partial charge in [-0.05, 0) is 84.9 Å². The standard InChI is InChI=1S/C42H28F6N8O7S2/c43-41(44,45)31-15-7-8-16-32(31)51-39(57)55(36-21-19-27(25-49)23-34(36)53-64(59,60)29-11-3-1-4-12-29)56(40(58)52-33-17-9-10-18-38(33)63-42(46,47)48)37-22-20-28(26-50)24-35(37)54-65(61,62)30-13-5-2-6-14-30/h1-24,53-54H,(H,51,57)(H,52,58). The van der Waals surface area contributed by atoms with Crippen LogP contribution in [0.3, 0.4) is 0 Å². The van der Waals surface area contributed by atoms with Gasteiger partial charge in [0.25, 0.3) is 20.0 Å². The number of urea groups is 2. The second kappa shape index (κ2) is 18.6. The summed E-state index contributed by atoms with van der Waals surface area (Å²) in [6.07, 6.45) is -10.4. The molecule has 0 bridgehead atoms. The molecule has 0 aromatic heterocycles. The first-order valence-corrected chi connectivity index (χ1v) is 21.1. The van der Waals surface area contributed by atoms with E-state index >= 15 is 0 Å². The molecule has 0 spiro atoms. The zero-order chi connectivity index (χ0) is 47.2. The number of nitrogens with zero attached hydrogens (tertiary/aromatic N) is 4. The summed E-state index contributed by atoms with van der Waals surface area (Å²) in [6, 6.07) is 26.3. The van der Waals surface area contributed by atoms with E-state index in [2.05, 4.69) is 19.5 Å². The SMILES string of the molecule is N#Cc1ccc(N(C(=O)Nc2ccccc2OC(F)(F)F)N(C(=O)Nc2ccccc2C(F)(F)F)c2ccc(C#N)cc2NS(=O)(=O)c2ccccc2)c(NS(=O)(=O)c2ccccc2)c1. The second-order valence-corrected chi connectivity index (χ2v) is 16.5. The summed E-state index contributed by atoms with van der Waals surface area (Å²) in [6.45, 7) is 0. The fourth-order valence-corrected chi connectivity index (χ4v) is 8.10. The Kier molecular flexibility index (Phi) is 13.2. The molecule has 0 aliphatic heterocycles. The number of sulfonamides is 2. The van der Waals surface area contributed by atoms with Crippen molar-refractivity contribution in [1.29, 1.82) is 10.5 Å². The lowest BCUT2D eigenvalue weighted by molar-refractivity contribution is -0.274. The van der Waals surface area contributed by atoms with Gasteiger partial charge in [0, 0.05) is 0 Å². The maximum absolute atomic E-state index is 15.0. The number of carbonyl (C=O) groups is 2. The van der Waals surface area contributed by atoms with E-state index in [0.29, 0.717) is 6.07 Å². The molecule has 6 aromatic rings. The van der Waals surface area contributed by atoms with E-state index in [1.807, 2.05) is 5.32 Å². The van der Waals surface area contributed by atoms with Crippen molar-refractivity contribution in [3.05, 3.63) is 162 Å². The molecule has 0 heterocycles. The maximum Gasteiger partial charge on any atom is 0.573 e. The van der Waals surface area contributed by atoms with Crippen LogP contribution in [0.25, 0.3) is 0 Å². The van der Waals surface area contributed by atoms with Crippen LogP contribution >= 0.6 is 0 Å². The van der Waals surface area contributed by atoms with Gasteiger partial charge in [-0.2, -0.15) is 33.7 Å². The first-order valence-electron chi connectivity index (χ1n) is 18.2. The molecule has 0 saturated heterocycles. The number of halogens is 6. The fourth-order valence-electron chi connectivity index (χ4n) is 5.93. The van der Waals surface area contributed by atoms with Crippen LogP contribution in [-0.4, -0.2) is 35.3 Å². The van der Waals surface area contributed by atoms with Crippen LogP contribution in [0.2, 0.25) is 0 Å². The highest BCUT2D eigenvalue weighted by Gasteiger charge is 2.39. The van der Waals surface area contributed by atoms with Crippen molar-refractivity contribution in [2.24, 2.45) is 0 Å². The lowest BCUT2D eigenvalue weighted by atomic mass is 10.1. The number of para-hydroxylation sites is 3. The Balaban J connectivity index is 1.67. The van der Waals surface area contributed by atoms with E-state index < -0.39 is 90.1 Å². The van der Waals surface area contributed by atoms with Gasteiger partial charge in [-0.15, -0.1) is 13.2 Å². The highest BCUT2D eigenvalue weighted by atomic mass is 32.2. The Bertz CT molecular complexity index is 3070. The summed E-state index contributed by atoms with van der Waals surface area (Å²) in [5, 5.41) is 24.4. The summed E-state index contributed by atoms with van der Waals surface area (Å²) in [4.78, 5) is 29.1. The normalized spacial score (nSPS) is 11.6.